The molecule has 0 radical (unpaired) electrons. The van der Waals surface area contributed by atoms with Crippen molar-refractivity contribution in [3.63, 3.8) is 0 Å². The number of nitrogens with zero attached hydrogens (tertiary/aromatic N) is 3. The van der Waals surface area contributed by atoms with E-state index in [9.17, 15) is 0 Å². The maximum atomic E-state index is 5.61. The summed E-state index contributed by atoms with van der Waals surface area (Å²) >= 11 is 0. The van der Waals surface area contributed by atoms with Gasteiger partial charge in [-0.05, 0) is 84.0 Å². The largest absolute Gasteiger partial charge is 0.444 e. The SMILES string of the molecule is CCNC(=NCc1nc(C)c(C)o1)NCCCCN1CCC(Cc2ccccc2)CC1. The third kappa shape index (κ3) is 8.02. The molecule has 170 valence electrons. The Kier molecular flexibility index (Phi) is 9.40. The average molecular weight is 426 g/mol. The molecule has 1 aliphatic heterocycles. The van der Waals surface area contributed by atoms with Crippen LogP contribution in [0.4, 0.5) is 0 Å². The molecule has 31 heavy (non-hydrogen) atoms. The van der Waals surface area contributed by atoms with Crippen LogP contribution in [0.2, 0.25) is 0 Å². The van der Waals surface area contributed by atoms with E-state index in [4.69, 9.17) is 4.42 Å². The maximum Gasteiger partial charge on any atom is 0.216 e. The smallest absolute Gasteiger partial charge is 0.216 e. The molecule has 2 aromatic rings. The summed E-state index contributed by atoms with van der Waals surface area (Å²) in [7, 11) is 0. The fourth-order valence-electron chi connectivity index (χ4n) is 4.12. The predicted octanol–water partition coefficient (Wildman–Crippen LogP) is 4.08. The van der Waals surface area contributed by atoms with E-state index in [2.05, 4.69) is 62.8 Å². The van der Waals surface area contributed by atoms with Crippen LogP contribution in [-0.4, -0.2) is 48.6 Å². The van der Waals surface area contributed by atoms with Crippen LogP contribution < -0.4 is 10.6 Å². The van der Waals surface area contributed by atoms with Crippen molar-refractivity contribution in [1.29, 1.82) is 0 Å². The van der Waals surface area contributed by atoms with Crippen molar-refractivity contribution >= 4 is 5.96 Å². The number of aliphatic imine (C=N–C) groups is 1. The lowest BCUT2D eigenvalue weighted by Gasteiger charge is -2.32. The molecule has 0 saturated carbocycles. The minimum Gasteiger partial charge on any atom is -0.444 e. The number of likely N-dealkylation sites (tertiary alicyclic amines) is 1. The first kappa shape index (κ1) is 23.3. The van der Waals surface area contributed by atoms with Gasteiger partial charge in [-0.15, -0.1) is 0 Å². The van der Waals surface area contributed by atoms with Gasteiger partial charge in [0.05, 0.1) is 5.69 Å². The number of rotatable bonds is 10. The highest BCUT2D eigenvalue weighted by Gasteiger charge is 2.18. The molecule has 0 atom stereocenters. The number of aromatic nitrogens is 1. The Balaban J connectivity index is 1.29. The van der Waals surface area contributed by atoms with Gasteiger partial charge in [0, 0.05) is 13.1 Å². The molecule has 6 nitrogen and oxygen atoms in total. The van der Waals surface area contributed by atoms with Crippen molar-refractivity contribution in [2.75, 3.05) is 32.7 Å². The van der Waals surface area contributed by atoms with Crippen LogP contribution in [0.25, 0.3) is 0 Å². The van der Waals surface area contributed by atoms with Crippen molar-refractivity contribution in [2.45, 2.75) is 59.4 Å². The minimum absolute atomic E-state index is 0.460. The molecule has 0 bridgehead atoms. The number of hydrogen-bond acceptors (Lipinski definition) is 4. The standard InChI is InChI=1S/C25H39N5O/c1-4-26-25(28-19-24-29-20(2)21(3)31-24)27-14-8-9-15-30-16-12-23(13-17-30)18-22-10-6-5-7-11-22/h5-7,10-11,23H,4,8-9,12-19H2,1-3H3,(H2,26,27,28). The van der Waals surface area contributed by atoms with Crippen LogP contribution in [0, 0.1) is 19.8 Å². The lowest BCUT2D eigenvalue weighted by Crippen LogP contribution is -2.38. The van der Waals surface area contributed by atoms with Crippen LogP contribution >= 0.6 is 0 Å². The van der Waals surface area contributed by atoms with E-state index < -0.39 is 0 Å². The summed E-state index contributed by atoms with van der Waals surface area (Å²) in [4.78, 5) is 11.6. The second kappa shape index (κ2) is 12.5. The summed E-state index contributed by atoms with van der Waals surface area (Å²) in [6.07, 6.45) is 6.24. The van der Waals surface area contributed by atoms with Gasteiger partial charge in [0.25, 0.3) is 0 Å². The minimum atomic E-state index is 0.460. The van der Waals surface area contributed by atoms with E-state index >= 15 is 0 Å². The van der Waals surface area contributed by atoms with E-state index in [1.54, 1.807) is 0 Å². The molecule has 0 aliphatic carbocycles. The summed E-state index contributed by atoms with van der Waals surface area (Å²) in [6.45, 7) is 11.9. The van der Waals surface area contributed by atoms with Gasteiger partial charge in [-0.1, -0.05) is 30.3 Å². The maximum absolute atomic E-state index is 5.61. The average Bonchev–Trinajstić information content (AvgIpc) is 3.11. The van der Waals surface area contributed by atoms with E-state index in [1.165, 1.54) is 50.9 Å². The van der Waals surface area contributed by atoms with Gasteiger partial charge in [0.15, 0.2) is 5.96 Å². The molecule has 6 heteroatoms. The van der Waals surface area contributed by atoms with E-state index in [0.29, 0.717) is 12.4 Å². The van der Waals surface area contributed by atoms with Crippen molar-refractivity contribution in [3.8, 4) is 0 Å². The Morgan fingerprint density at radius 2 is 1.90 bits per heavy atom. The summed E-state index contributed by atoms with van der Waals surface area (Å²) < 4.78 is 5.61. The molecular weight excluding hydrogens is 386 g/mol. The Morgan fingerprint density at radius 1 is 1.13 bits per heavy atom. The van der Waals surface area contributed by atoms with Crippen molar-refractivity contribution in [3.05, 3.63) is 53.2 Å². The molecule has 0 spiro atoms. The summed E-state index contributed by atoms with van der Waals surface area (Å²) in [5.41, 5.74) is 2.42. The monoisotopic (exact) mass is 425 g/mol. The third-order valence-electron chi connectivity index (χ3n) is 6.06. The second-order valence-corrected chi connectivity index (χ2v) is 8.55. The number of aryl methyl sites for hydroxylation is 2. The van der Waals surface area contributed by atoms with Gasteiger partial charge in [-0.3, -0.25) is 0 Å². The number of unbranched alkanes of at least 4 members (excludes halogenated alkanes) is 1. The molecule has 1 aliphatic rings. The van der Waals surface area contributed by atoms with Gasteiger partial charge >= 0.3 is 0 Å². The van der Waals surface area contributed by atoms with Crippen LogP contribution in [-0.2, 0) is 13.0 Å². The van der Waals surface area contributed by atoms with Crippen LogP contribution in [0.3, 0.4) is 0 Å². The van der Waals surface area contributed by atoms with E-state index in [0.717, 1.165) is 42.8 Å². The first-order valence-electron chi connectivity index (χ1n) is 11.9. The Labute approximate surface area is 187 Å². The summed E-state index contributed by atoms with van der Waals surface area (Å²) in [5.74, 6) is 3.21. The lowest BCUT2D eigenvalue weighted by molar-refractivity contribution is 0.181. The Bertz CT molecular complexity index is 774. The first-order chi connectivity index (χ1) is 15.1. The van der Waals surface area contributed by atoms with Crippen molar-refractivity contribution < 1.29 is 4.42 Å². The molecule has 1 fully saturated rings. The fourth-order valence-corrected chi connectivity index (χ4v) is 4.12. The molecule has 0 unspecified atom stereocenters. The summed E-state index contributed by atoms with van der Waals surface area (Å²) in [5, 5.41) is 6.73. The zero-order chi connectivity index (χ0) is 21.9. The zero-order valence-electron chi connectivity index (χ0n) is 19.5. The van der Waals surface area contributed by atoms with Crippen LogP contribution in [0.5, 0.6) is 0 Å². The zero-order valence-corrected chi connectivity index (χ0v) is 19.5. The quantitative estimate of drug-likeness (QED) is 0.341. The Hall–Kier alpha value is -2.34. The molecule has 3 rings (SSSR count). The van der Waals surface area contributed by atoms with Gasteiger partial charge in [0.1, 0.15) is 12.3 Å². The van der Waals surface area contributed by atoms with Gasteiger partial charge < -0.3 is 20.0 Å². The number of hydrogen-bond donors (Lipinski definition) is 2. The number of nitrogens with one attached hydrogen (secondary N) is 2. The molecule has 2 N–H and O–H groups in total. The van der Waals surface area contributed by atoms with Gasteiger partial charge in [0.2, 0.25) is 5.89 Å². The number of benzene rings is 1. The van der Waals surface area contributed by atoms with Gasteiger partial charge in [-0.2, -0.15) is 0 Å². The van der Waals surface area contributed by atoms with Crippen LogP contribution in [0.1, 0.15) is 55.5 Å². The predicted molar refractivity (Wildman–Crippen MR) is 127 cm³/mol. The molecular formula is C25H39N5O. The first-order valence-corrected chi connectivity index (χ1v) is 11.9. The van der Waals surface area contributed by atoms with E-state index in [1.807, 2.05) is 13.8 Å². The third-order valence-corrected chi connectivity index (χ3v) is 6.06. The lowest BCUT2D eigenvalue weighted by atomic mass is 9.90. The molecule has 0 amide bonds. The van der Waals surface area contributed by atoms with Crippen LogP contribution in [0.15, 0.2) is 39.7 Å². The highest BCUT2D eigenvalue weighted by atomic mass is 16.4. The molecule has 1 saturated heterocycles. The number of piperidine rings is 1. The number of guanidine groups is 1. The fraction of sp³-hybridized carbons (Fsp3) is 0.600. The molecule has 1 aromatic carbocycles. The summed E-state index contributed by atoms with van der Waals surface area (Å²) in [6, 6.07) is 10.9. The van der Waals surface area contributed by atoms with E-state index in [-0.39, 0.29) is 0 Å². The Morgan fingerprint density at radius 3 is 2.58 bits per heavy atom. The normalized spacial score (nSPS) is 15.9. The molecule has 2 heterocycles. The molecule has 1 aromatic heterocycles. The number of oxazole rings is 1. The highest BCUT2D eigenvalue weighted by Crippen LogP contribution is 2.21. The highest BCUT2D eigenvalue weighted by molar-refractivity contribution is 5.79. The van der Waals surface area contributed by atoms with Gasteiger partial charge in [-0.25, -0.2) is 9.98 Å². The second-order valence-electron chi connectivity index (χ2n) is 8.55. The van der Waals surface area contributed by atoms with Crippen molar-refractivity contribution in [2.24, 2.45) is 10.9 Å². The van der Waals surface area contributed by atoms with Crippen molar-refractivity contribution in [1.82, 2.24) is 20.5 Å². The topological polar surface area (TPSA) is 65.7 Å².